The minimum atomic E-state index is 0.510. The molecular formula is C18H30N2O. The highest BCUT2D eigenvalue weighted by Crippen LogP contribution is 2.24. The fourth-order valence-corrected chi connectivity index (χ4v) is 2.98. The van der Waals surface area contributed by atoms with Crippen LogP contribution in [-0.4, -0.2) is 32.8 Å². The molecule has 1 aromatic carbocycles. The Kier molecular flexibility index (Phi) is 6.07. The highest BCUT2D eigenvalue weighted by atomic mass is 16.5. The van der Waals surface area contributed by atoms with Crippen molar-refractivity contribution in [2.24, 2.45) is 5.92 Å². The number of benzene rings is 1. The molecule has 0 saturated carbocycles. The van der Waals surface area contributed by atoms with Gasteiger partial charge in [-0.2, -0.15) is 0 Å². The van der Waals surface area contributed by atoms with Crippen molar-refractivity contribution in [2.45, 2.75) is 46.2 Å². The van der Waals surface area contributed by atoms with Crippen LogP contribution >= 0.6 is 0 Å². The summed E-state index contributed by atoms with van der Waals surface area (Å²) in [6, 6.07) is 7.28. The third-order valence-electron chi connectivity index (χ3n) is 4.13. The molecule has 0 aliphatic carbocycles. The average Bonchev–Trinajstić information content (AvgIpc) is 2.46. The summed E-state index contributed by atoms with van der Waals surface area (Å²) in [4.78, 5) is 2.40. The maximum atomic E-state index is 5.61. The zero-order valence-corrected chi connectivity index (χ0v) is 14.0. The van der Waals surface area contributed by atoms with Gasteiger partial charge in [0.1, 0.15) is 0 Å². The lowest BCUT2D eigenvalue weighted by Gasteiger charge is -2.30. The molecular weight excluding hydrogens is 260 g/mol. The molecule has 0 aromatic heterocycles. The summed E-state index contributed by atoms with van der Waals surface area (Å²) in [5.74, 6) is 0.663. The van der Waals surface area contributed by atoms with Crippen LogP contribution in [0.15, 0.2) is 18.2 Å². The van der Waals surface area contributed by atoms with Gasteiger partial charge in [0.15, 0.2) is 0 Å². The lowest BCUT2D eigenvalue weighted by Crippen LogP contribution is -2.32. The summed E-state index contributed by atoms with van der Waals surface area (Å²) in [6.07, 6.45) is 2.49. The van der Waals surface area contributed by atoms with Crippen LogP contribution in [0.4, 0.5) is 5.69 Å². The first-order chi connectivity index (χ1) is 10.1. The number of ether oxygens (including phenoxy) is 1. The lowest BCUT2D eigenvalue weighted by atomic mass is 10.0. The number of hydrogen-bond donors (Lipinski definition) is 1. The standard InChI is InChI=1S/C18H30N2O/c1-14(2)19-11-17-10-15(3)7-8-18(17)20(4)12-16-6-5-9-21-13-16/h7-8,10,14,16,19H,5-6,9,11-13H2,1-4H3. The summed E-state index contributed by atoms with van der Waals surface area (Å²) in [5, 5.41) is 3.54. The van der Waals surface area contributed by atoms with Crippen LogP contribution in [0.5, 0.6) is 0 Å². The minimum Gasteiger partial charge on any atom is -0.381 e. The van der Waals surface area contributed by atoms with Crippen LogP contribution in [0.2, 0.25) is 0 Å². The van der Waals surface area contributed by atoms with Gasteiger partial charge in [-0.3, -0.25) is 0 Å². The van der Waals surface area contributed by atoms with Crippen molar-refractivity contribution in [3.63, 3.8) is 0 Å². The Labute approximate surface area is 129 Å². The molecule has 1 saturated heterocycles. The van der Waals surface area contributed by atoms with Crippen LogP contribution in [0.25, 0.3) is 0 Å². The van der Waals surface area contributed by atoms with E-state index in [-0.39, 0.29) is 0 Å². The fourth-order valence-electron chi connectivity index (χ4n) is 2.98. The van der Waals surface area contributed by atoms with Gasteiger partial charge in [0, 0.05) is 38.5 Å². The highest BCUT2D eigenvalue weighted by molar-refractivity contribution is 5.54. The molecule has 1 atom stereocenters. The Hall–Kier alpha value is -1.06. The predicted octanol–water partition coefficient (Wildman–Crippen LogP) is 3.36. The van der Waals surface area contributed by atoms with Crippen LogP contribution < -0.4 is 10.2 Å². The van der Waals surface area contributed by atoms with Crippen LogP contribution in [-0.2, 0) is 11.3 Å². The van der Waals surface area contributed by atoms with Gasteiger partial charge in [0.2, 0.25) is 0 Å². The van der Waals surface area contributed by atoms with Crippen molar-refractivity contribution in [1.82, 2.24) is 5.32 Å². The summed E-state index contributed by atoms with van der Waals surface area (Å²) >= 11 is 0. The Bertz CT molecular complexity index is 439. The summed E-state index contributed by atoms with van der Waals surface area (Å²) in [7, 11) is 2.21. The van der Waals surface area contributed by atoms with Crippen molar-refractivity contribution in [3.05, 3.63) is 29.3 Å². The van der Waals surface area contributed by atoms with E-state index in [0.717, 1.165) is 26.3 Å². The van der Waals surface area contributed by atoms with E-state index in [4.69, 9.17) is 4.74 Å². The first-order valence-corrected chi connectivity index (χ1v) is 8.18. The molecule has 2 rings (SSSR count). The SMILES string of the molecule is Cc1ccc(N(C)CC2CCCOC2)c(CNC(C)C)c1. The molecule has 1 fully saturated rings. The van der Waals surface area contributed by atoms with E-state index in [1.807, 2.05) is 0 Å². The second kappa shape index (κ2) is 7.81. The number of anilines is 1. The molecule has 0 amide bonds. The molecule has 0 bridgehead atoms. The topological polar surface area (TPSA) is 24.5 Å². The maximum Gasteiger partial charge on any atom is 0.0511 e. The van der Waals surface area contributed by atoms with Crippen LogP contribution in [0, 0.1) is 12.8 Å². The van der Waals surface area contributed by atoms with Crippen molar-refractivity contribution in [1.29, 1.82) is 0 Å². The number of rotatable bonds is 6. The fraction of sp³-hybridized carbons (Fsp3) is 0.667. The molecule has 0 radical (unpaired) electrons. The normalized spacial score (nSPS) is 19.0. The third-order valence-corrected chi connectivity index (χ3v) is 4.13. The molecule has 118 valence electrons. The van der Waals surface area contributed by atoms with Crippen molar-refractivity contribution in [2.75, 3.05) is 31.7 Å². The largest absolute Gasteiger partial charge is 0.381 e. The molecule has 1 heterocycles. The number of nitrogens with one attached hydrogen (secondary N) is 1. The zero-order chi connectivity index (χ0) is 15.2. The molecule has 0 spiro atoms. The first kappa shape index (κ1) is 16.3. The molecule has 1 aliphatic rings. The Morgan fingerprint density at radius 2 is 2.19 bits per heavy atom. The number of hydrogen-bond acceptors (Lipinski definition) is 3. The monoisotopic (exact) mass is 290 g/mol. The van der Waals surface area contributed by atoms with E-state index in [0.29, 0.717) is 12.0 Å². The van der Waals surface area contributed by atoms with Gasteiger partial charge >= 0.3 is 0 Å². The average molecular weight is 290 g/mol. The van der Waals surface area contributed by atoms with Crippen molar-refractivity contribution in [3.8, 4) is 0 Å². The molecule has 21 heavy (non-hydrogen) atoms. The quantitative estimate of drug-likeness (QED) is 0.869. The van der Waals surface area contributed by atoms with Gasteiger partial charge in [-0.25, -0.2) is 0 Å². The Morgan fingerprint density at radius 3 is 2.86 bits per heavy atom. The summed E-state index contributed by atoms with van der Waals surface area (Å²) in [6.45, 7) is 10.4. The van der Waals surface area contributed by atoms with Gasteiger partial charge in [0.05, 0.1) is 6.61 Å². The minimum absolute atomic E-state index is 0.510. The smallest absolute Gasteiger partial charge is 0.0511 e. The lowest BCUT2D eigenvalue weighted by molar-refractivity contribution is 0.0576. The molecule has 3 nitrogen and oxygen atoms in total. The Balaban J connectivity index is 2.05. The van der Waals surface area contributed by atoms with Crippen molar-refractivity contribution >= 4 is 5.69 Å². The second-order valence-electron chi connectivity index (χ2n) is 6.63. The third kappa shape index (κ3) is 5.01. The van der Waals surface area contributed by atoms with Gasteiger partial charge in [0.25, 0.3) is 0 Å². The van der Waals surface area contributed by atoms with Gasteiger partial charge < -0.3 is 15.0 Å². The van der Waals surface area contributed by atoms with E-state index >= 15 is 0 Å². The van der Waals surface area contributed by atoms with Gasteiger partial charge in [-0.05, 0) is 37.3 Å². The van der Waals surface area contributed by atoms with E-state index in [1.165, 1.54) is 29.7 Å². The van der Waals surface area contributed by atoms with Gasteiger partial charge in [-0.15, -0.1) is 0 Å². The highest BCUT2D eigenvalue weighted by Gasteiger charge is 2.17. The molecule has 1 unspecified atom stereocenters. The summed E-state index contributed by atoms with van der Waals surface area (Å²) in [5.41, 5.74) is 4.07. The second-order valence-corrected chi connectivity index (χ2v) is 6.63. The van der Waals surface area contributed by atoms with E-state index in [1.54, 1.807) is 0 Å². The van der Waals surface area contributed by atoms with E-state index < -0.39 is 0 Å². The number of aryl methyl sites for hydroxylation is 1. The van der Waals surface area contributed by atoms with Gasteiger partial charge in [-0.1, -0.05) is 31.5 Å². The van der Waals surface area contributed by atoms with Crippen LogP contribution in [0.3, 0.4) is 0 Å². The molecule has 1 N–H and O–H groups in total. The van der Waals surface area contributed by atoms with E-state index in [2.05, 4.69) is 56.2 Å². The molecule has 1 aliphatic heterocycles. The van der Waals surface area contributed by atoms with E-state index in [9.17, 15) is 0 Å². The summed E-state index contributed by atoms with van der Waals surface area (Å²) < 4.78 is 5.61. The maximum absolute atomic E-state index is 5.61. The number of nitrogens with zero attached hydrogens (tertiary/aromatic N) is 1. The van der Waals surface area contributed by atoms with Crippen molar-refractivity contribution < 1.29 is 4.74 Å². The predicted molar refractivity (Wildman–Crippen MR) is 90.0 cm³/mol. The van der Waals surface area contributed by atoms with Crippen LogP contribution in [0.1, 0.15) is 37.8 Å². The molecule has 3 heteroatoms. The zero-order valence-electron chi connectivity index (χ0n) is 14.0. The molecule has 1 aromatic rings. The first-order valence-electron chi connectivity index (χ1n) is 8.18. The Morgan fingerprint density at radius 1 is 1.38 bits per heavy atom.